The molecular formula is C45H70N4O5. The zero-order chi connectivity index (χ0) is 38.9. The molecular weight excluding hydrogens is 677 g/mol. The van der Waals surface area contributed by atoms with Crippen molar-refractivity contribution in [3.05, 3.63) is 65.7 Å². The van der Waals surface area contributed by atoms with Gasteiger partial charge in [0.2, 0.25) is 0 Å². The molecule has 1 saturated carbocycles. The van der Waals surface area contributed by atoms with Crippen LogP contribution >= 0.6 is 0 Å². The number of alkyl carbamates (subject to hydrolysis) is 1. The average molecular weight is 747 g/mol. The molecule has 9 heteroatoms. The molecule has 0 aromatic heterocycles. The third-order valence-electron chi connectivity index (χ3n) is 11.8. The lowest BCUT2D eigenvalue weighted by atomic mass is 9.71. The fourth-order valence-corrected chi connectivity index (χ4v) is 9.00. The van der Waals surface area contributed by atoms with Crippen molar-refractivity contribution in [3.63, 3.8) is 0 Å². The minimum absolute atomic E-state index is 0.0720. The number of aliphatic hydroxyl groups is 2. The SMILES string of the molecule is CC(C)(C)CC(=O)C1CC2CCCCC2CN1C[C@H](O)[C@@H](Cc1ccccc1)NC[C@H](CCNC(=O)OC(C)(C)C)CCC1Nc2ccccc2CC1O. The predicted octanol–water partition coefficient (Wildman–Crippen LogP) is 7.14. The van der Waals surface area contributed by atoms with Gasteiger partial charge in [-0.05, 0) is 106 Å². The zero-order valence-corrected chi connectivity index (χ0v) is 34.0. The van der Waals surface area contributed by atoms with Crippen LogP contribution in [0.3, 0.4) is 0 Å². The Balaban J connectivity index is 1.29. The quantitative estimate of drug-likeness (QED) is 0.123. The van der Waals surface area contributed by atoms with Crippen molar-refractivity contribution in [2.75, 3.05) is 31.5 Å². The smallest absolute Gasteiger partial charge is 0.407 e. The van der Waals surface area contributed by atoms with Crippen molar-refractivity contribution in [3.8, 4) is 0 Å². The number of piperidine rings is 1. The van der Waals surface area contributed by atoms with Gasteiger partial charge in [-0.2, -0.15) is 0 Å². The Hall–Kier alpha value is -2.98. The highest BCUT2D eigenvalue weighted by atomic mass is 16.6. The molecule has 0 radical (unpaired) electrons. The molecule has 300 valence electrons. The molecule has 0 bridgehead atoms. The molecule has 5 rings (SSSR count). The summed E-state index contributed by atoms with van der Waals surface area (Å²) in [5.74, 6) is 1.66. The third-order valence-corrected chi connectivity index (χ3v) is 11.8. The number of nitrogens with one attached hydrogen (secondary N) is 3. The highest BCUT2D eigenvalue weighted by molar-refractivity contribution is 5.84. The number of likely N-dealkylation sites (tertiary alicyclic amines) is 1. The summed E-state index contributed by atoms with van der Waals surface area (Å²) < 4.78 is 5.50. The molecule has 5 unspecified atom stereocenters. The number of carbonyl (C=O) groups is 2. The van der Waals surface area contributed by atoms with Crippen LogP contribution < -0.4 is 16.0 Å². The van der Waals surface area contributed by atoms with Crippen LogP contribution in [-0.2, 0) is 22.4 Å². The number of amides is 1. The molecule has 1 aliphatic carbocycles. The van der Waals surface area contributed by atoms with E-state index < -0.39 is 23.9 Å². The van der Waals surface area contributed by atoms with Crippen LogP contribution in [-0.4, -0.2) is 89.1 Å². The van der Waals surface area contributed by atoms with E-state index in [4.69, 9.17) is 4.74 Å². The second kappa shape index (κ2) is 19.2. The van der Waals surface area contributed by atoms with Crippen molar-refractivity contribution < 1.29 is 24.5 Å². The van der Waals surface area contributed by atoms with E-state index in [9.17, 15) is 19.8 Å². The molecule has 2 aliphatic heterocycles. The Kier molecular flexibility index (Phi) is 15.0. The molecule has 5 N–H and O–H groups in total. The van der Waals surface area contributed by atoms with Gasteiger partial charge in [0, 0.05) is 44.2 Å². The number of ether oxygens (including phenoxy) is 1. The Bertz CT molecular complexity index is 1470. The first kappa shape index (κ1) is 42.2. The Labute approximate surface area is 325 Å². The van der Waals surface area contributed by atoms with Crippen LogP contribution in [0.2, 0.25) is 0 Å². The standard InChI is InChI=1S/C45H70N4O5/c1-44(2,3)27-41(51)39-25-33-16-10-11-18-35(33)29-49(39)30-42(52)38(24-31-14-8-7-9-15-31)47-28-32(22-23-46-43(53)54-45(4,5)6)20-21-37-40(50)26-34-17-12-13-19-36(34)48-37/h7-9,12-15,17,19,32-33,35,37-40,42,47-48,50,52H,10-11,16,18,20-30H2,1-6H3,(H,46,53)/t32-,33?,35?,37?,38+,39?,40?,42-/m0/s1. The molecule has 2 aromatic rings. The van der Waals surface area contributed by atoms with Crippen molar-refractivity contribution >= 4 is 17.6 Å². The number of ketones is 1. The minimum Gasteiger partial charge on any atom is -0.444 e. The zero-order valence-electron chi connectivity index (χ0n) is 34.0. The van der Waals surface area contributed by atoms with E-state index >= 15 is 0 Å². The Morgan fingerprint density at radius 2 is 1.67 bits per heavy atom. The van der Waals surface area contributed by atoms with Gasteiger partial charge in [0.05, 0.1) is 24.3 Å². The first-order valence-electron chi connectivity index (χ1n) is 20.8. The molecule has 9 nitrogen and oxygen atoms in total. The summed E-state index contributed by atoms with van der Waals surface area (Å²) >= 11 is 0. The number of anilines is 1. The van der Waals surface area contributed by atoms with Gasteiger partial charge in [0.1, 0.15) is 11.4 Å². The number of benzene rings is 2. The maximum atomic E-state index is 13.9. The van der Waals surface area contributed by atoms with E-state index in [1.165, 1.54) is 25.7 Å². The van der Waals surface area contributed by atoms with E-state index in [0.29, 0.717) is 56.5 Å². The van der Waals surface area contributed by atoms with Gasteiger partial charge in [0.25, 0.3) is 0 Å². The van der Waals surface area contributed by atoms with E-state index in [1.807, 2.05) is 51.1 Å². The van der Waals surface area contributed by atoms with Crippen LogP contribution in [0.5, 0.6) is 0 Å². The van der Waals surface area contributed by atoms with Gasteiger partial charge in [-0.1, -0.05) is 88.6 Å². The number of β-amino-alcohol motifs (C(OH)–C–C–N with tert-alkyl or cyclic N) is 1. The number of nitrogens with zero attached hydrogens (tertiary/aromatic N) is 1. The highest BCUT2D eigenvalue weighted by Crippen LogP contribution is 2.40. The summed E-state index contributed by atoms with van der Waals surface area (Å²) in [4.78, 5) is 28.7. The normalized spacial score (nSPS) is 25.0. The van der Waals surface area contributed by atoms with Crippen LogP contribution in [0.1, 0.15) is 110 Å². The second-order valence-corrected chi connectivity index (χ2v) is 18.8. The number of aliphatic hydroxyl groups excluding tert-OH is 2. The molecule has 1 saturated heterocycles. The minimum atomic E-state index is -0.686. The highest BCUT2D eigenvalue weighted by Gasteiger charge is 2.41. The lowest BCUT2D eigenvalue weighted by Gasteiger charge is -2.47. The topological polar surface area (TPSA) is 123 Å². The van der Waals surface area contributed by atoms with Crippen LogP contribution in [0, 0.1) is 23.2 Å². The third kappa shape index (κ3) is 13.1. The van der Waals surface area contributed by atoms with E-state index in [-0.39, 0.29) is 29.5 Å². The molecule has 2 heterocycles. The van der Waals surface area contributed by atoms with Gasteiger partial charge in [-0.15, -0.1) is 0 Å². The number of para-hydroxylation sites is 1. The lowest BCUT2D eigenvalue weighted by molar-refractivity contribution is -0.130. The largest absolute Gasteiger partial charge is 0.444 e. The number of hydrogen-bond donors (Lipinski definition) is 5. The summed E-state index contributed by atoms with van der Waals surface area (Å²) in [5, 5.41) is 33.5. The van der Waals surface area contributed by atoms with Gasteiger partial charge in [0.15, 0.2) is 0 Å². The van der Waals surface area contributed by atoms with Crippen molar-refractivity contribution in [2.24, 2.45) is 23.2 Å². The van der Waals surface area contributed by atoms with Gasteiger partial charge >= 0.3 is 6.09 Å². The maximum absolute atomic E-state index is 13.9. The summed E-state index contributed by atoms with van der Waals surface area (Å²) in [6, 6.07) is 18.0. The Morgan fingerprint density at radius 3 is 2.39 bits per heavy atom. The van der Waals surface area contributed by atoms with Gasteiger partial charge < -0.3 is 30.9 Å². The summed E-state index contributed by atoms with van der Waals surface area (Å²) in [6.45, 7) is 14.4. The van der Waals surface area contributed by atoms with Crippen LogP contribution in [0.25, 0.3) is 0 Å². The van der Waals surface area contributed by atoms with Crippen LogP contribution in [0.4, 0.5) is 10.5 Å². The summed E-state index contributed by atoms with van der Waals surface area (Å²) in [6.07, 6.45) is 8.38. The Morgan fingerprint density at radius 1 is 0.963 bits per heavy atom. The molecule has 8 atom stereocenters. The summed E-state index contributed by atoms with van der Waals surface area (Å²) in [5.41, 5.74) is 2.71. The predicted molar refractivity (Wildman–Crippen MR) is 218 cm³/mol. The molecule has 3 aliphatic rings. The molecule has 54 heavy (non-hydrogen) atoms. The van der Waals surface area contributed by atoms with Gasteiger partial charge in [-0.3, -0.25) is 9.69 Å². The van der Waals surface area contributed by atoms with E-state index in [2.05, 4.69) is 65.9 Å². The molecule has 0 spiro atoms. The summed E-state index contributed by atoms with van der Waals surface area (Å²) in [7, 11) is 0. The van der Waals surface area contributed by atoms with E-state index in [1.54, 1.807) is 0 Å². The fraction of sp³-hybridized carbons (Fsp3) is 0.689. The monoisotopic (exact) mass is 747 g/mol. The number of fused-ring (bicyclic) bond motifs is 2. The van der Waals surface area contributed by atoms with Crippen LogP contribution in [0.15, 0.2) is 54.6 Å². The van der Waals surface area contributed by atoms with Crippen molar-refractivity contribution in [2.45, 2.75) is 148 Å². The number of rotatable bonds is 16. The first-order chi connectivity index (χ1) is 25.6. The first-order valence-corrected chi connectivity index (χ1v) is 20.8. The lowest BCUT2D eigenvalue weighted by Crippen LogP contribution is -2.57. The molecule has 2 fully saturated rings. The average Bonchev–Trinajstić information content (AvgIpc) is 3.10. The van der Waals surface area contributed by atoms with Gasteiger partial charge in [-0.25, -0.2) is 4.79 Å². The van der Waals surface area contributed by atoms with Crippen molar-refractivity contribution in [1.29, 1.82) is 0 Å². The number of Topliss-reactive ketones (excluding diaryl/α,β-unsaturated/α-hetero) is 1. The van der Waals surface area contributed by atoms with E-state index in [0.717, 1.165) is 49.0 Å². The molecule has 1 amide bonds. The fourth-order valence-electron chi connectivity index (χ4n) is 9.00. The molecule has 2 aromatic carbocycles. The van der Waals surface area contributed by atoms with Crippen molar-refractivity contribution in [1.82, 2.24) is 15.5 Å². The number of carbonyl (C=O) groups excluding carboxylic acids is 2. The second-order valence-electron chi connectivity index (χ2n) is 18.8. The maximum Gasteiger partial charge on any atom is 0.407 e. The number of hydrogen-bond acceptors (Lipinski definition) is 8.